The Kier molecular flexibility index (Phi) is 18.0. The number of allylic oxidation sites excluding steroid dienone is 6. The lowest BCUT2D eigenvalue weighted by atomic mass is 9.85. The molecule has 3 heterocycles. The summed E-state index contributed by atoms with van der Waals surface area (Å²) in [5.41, 5.74) is 1.29. The van der Waals surface area contributed by atoms with Crippen molar-refractivity contribution in [1.29, 1.82) is 0 Å². The number of nitrogens with zero attached hydrogens (tertiary/aromatic N) is 1. The Balaban J connectivity index is 1.98. The van der Waals surface area contributed by atoms with E-state index in [9.17, 15) is 34.2 Å². The van der Waals surface area contributed by atoms with Gasteiger partial charge in [-0.15, -0.1) is 0 Å². The number of fused-ring (bicyclic) bond motifs is 3. The van der Waals surface area contributed by atoms with Crippen molar-refractivity contribution in [2.75, 3.05) is 20.8 Å². The molecule has 0 unspecified atom stereocenters. The molecule has 2 fully saturated rings. The zero-order chi connectivity index (χ0) is 41.9. The van der Waals surface area contributed by atoms with Crippen LogP contribution in [-0.4, -0.2) is 107 Å². The first kappa shape index (κ1) is 47.1. The number of aliphatic hydroxyl groups is 2. The Morgan fingerprint density at radius 2 is 1.59 bits per heavy atom. The number of Topliss-reactive ketones (excluding diaryl/α,β-unsaturated/α-hetero) is 3. The number of hydrogen-bond donors (Lipinski definition) is 2. The van der Waals surface area contributed by atoms with Gasteiger partial charge in [-0.2, -0.15) is 0 Å². The fourth-order valence-corrected chi connectivity index (χ4v) is 7.83. The van der Waals surface area contributed by atoms with Gasteiger partial charge in [-0.3, -0.25) is 19.2 Å². The Labute approximate surface area is 333 Å². The van der Waals surface area contributed by atoms with Crippen LogP contribution in [0.1, 0.15) is 107 Å². The van der Waals surface area contributed by atoms with E-state index in [1.165, 1.54) is 12.0 Å². The fourth-order valence-electron chi connectivity index (χ4n) is 7.83. The second kappa shape index (κ2) is 21.5. The van der Waals surface area contributed by atoms with Gasteiger partial charge in [0.05, 0.1) is 12.2 Å². The van der Waals surface area contributed by atoms with Gasteiger partial charge in [0.15, 0.2) is 5.78 Å². The zero-order valence-corrected chi connectivity index (χ0v) is 35.2. The lowest BCUT2D eigenvalue weighted by molar-refractivity contribution is -0.265. The minimum atomic E-state index is -2.39. The number of amides is 1. The Bertz CT molecular complexity index is 1510. The summed E-state index contributed by atoms with van der Waals surface area (Å²) in [7, 11) is 2.95. The maximum atomic E-state index is 13.9. The monoisotopic (exact) mass is 785 g/mol. The lowest BCUT2D eigenvalue weighted by Gasteiger charge is -2.42. The van der Waals surface area contributed by atoms with E-state index >= 15 is 0 Å². The highest BCUT2D eigenvalue weighted by atomic mass is 16.6. The molecule has 56 heavy (non-hydrogen) atoms. The zero-order valence-electron chi connectivity index (χ0n) is 35.2. The predicted octanol–water partition coefficient (Wildman–Crippen LogP) is 5.63. The van der Waals surface area contributed by atoms with E-state index in [1.807, 2.05) is 65.0 Å². The molecule has 0 aromatic carbocycles. The van der Waals surface area contributed by atoms with Crippen LogP contribution in [-0.2, 0) is 42.9 Å². The summed E-state index contributed by atoms with van der Waals surface area (Å²) in [6.07, 6.45) is 10.1. The van der Waals surface area contributed by atoms with Crippen LogP contribution in [0.25, 0.3) is 0 Å². The number of carbonyl (C=O) groups is 5. The minimum absolute atomic E-state index is 0.0401. The second-order valence-electron chi connectivity index (χ2n) is 16.6. The van der Waals surface area contributed by atoms with Gasteiger partial charge in [-0.05, 0) is 75.4 Å². The molecule has 2 saturated heterocycles. The van der Waals surface area contributed by atoms with Crippen LogP contribution in [0.2, 0.25) is 0 Å². The first-order valence-electron chi connectivity index (χ1n) is 20.3. The number of ether oxygens (including phenoxy) is 4. The van der Waals surface area contributed by atoms with Crippen molar-refractivity contribution in [3.8, 4) is 0 Å². The van der Waals surface area contributed by atoms with Crippen molar-refractivity contribution < 1.29 is 53.1 Å². The number of ketones is 3. The molecule has 0 aromatic rings. The van der Waals surface area contributed by atoms with Gasteiger partial charge in [0.25, 0.3) is 11.7 Å². The number of cyclic esters (lactones) is 1. The van der Waals surface area contributed by atoms with Gasteiger partial charge in [-0.25, -0.2) is 4.79 Å². The van der Waals surface area contributed by atoms with Crippen LogP contribution in [0.4, 0.5) is 0 Å². The summed E-state index contributed by atoms with van der Waals surface area (Å²) in [5.74, 6) is -7.74. The number of esters is 1. The maximum Gasteiger partial charge on any atom is 0.329 e. The molecule has 0 spiro atoms. The quantitative estimate of drug-likeness (QED) is 0.207. The summed E-state index contributed by atoms with van der Waals surface area (Å²) in [6.45, 7) is 14.5. The van der Waals surface area contributed by atoms with Crippen LogP contribution >= 0.6 is 0 Å². The largest absolute Gasteiger partial charge is 0.460 e. The number of hydrogen-bond acceptors (Lipinski definition) is 11. The first-order chi connectivity index (χ1) is 26.4. The molecule has 314 valence electrons. The molecular weight excluding hydrogens is 718 g/mol. The molecule has 2 N–H and O–H groups in total. The highest BCUT2D eigenvalue weighted by Crippen LogP contribution is 2.36. The molecule has 12 nitrogen and oxygen atoms in total. The van der Waals surface area contributed by atoms with Gasteiger partial charge < -0.3 is 34.1 Å². The average Bonchev–Trinajstić information content (AvgIpc) is 3.16. The number of carbonyl (C=O) groups excluding carboxylic acids is 5. The van der Waals surface area contributed by atoms with Crippen molar-refractivity contribution in [1.82, 2.24) is 4.90 Å². The first-order valence-corrected chi connectivity index (χ1v) is 20.3. The summed E-state index contributed by atoms with van der Waals surface area (Å²) in [6, 6.07) is -1.08. The topological polar surface area (TPSA) is 166 Å². The molecule has 0 saturated carbocycles. The molecule has 0 radical (unpaired) electrons. The highest BCUT2D eigenvalue weighted by molar-refractivity contribution is 6.39. The third kappa shape index (κ3) is 12.1. The van der Waals surface area contributed by atoms with Crippen molar-refractivity contribution in [2.45, 2.75) is 149 Å². The molecular formula is C44H67NO11. The SMILES string of the molecule is CO[C@H]1C[C@@H]2CC[C@@H](C)[C@@](O)(O2)C(=O)C(=O)N2CCCC[C@H]2C(=O)O[C@H](C(C)C)CC(=O)[C@H](C)/C=C(\C)[C@@H](O)[C@@H](OC)C(=O)[C@H](C)C[C@H](C)/C=C/C=CC=C1C. The third-order valence-corrected chi connectivity index (χ3v) is 11.7. The number of methoxy groups -OCH3 is 2. The van der Waals surface area contributed by atoms with Crippen LogP contribution in [0, 0.1) is 29.6 Å². The lowest BCUT2D eigenvalue weighted by Crippen LogP contribution is -2.61. The van der Waals surface area contributed by atoms with Gasteiger partial charge in [0.1, 0.15) is 30.1 Å². The number of aliphatic hydroxyl groups excluding tert-OH is 1. The van der Waals surface area contributed by atoms with E-state index in [4.69, 9.17) is 18.9 Å². The van der Waals surface area contributed by atoms with E-state index in [2.05, 4.69) is 0 Å². The molecule has 2 bridgehead atoms. The smallest absolute Gasteiger partial charge is 0.329 e. The van der Waals surface area contributed by atoms with Gasteiger partial charge in [0, 0.05) is 51.4 Å². The van der Waals surface area contributed by atoms with E-state index in [0.29, 0.717) is 44.1 Å². The van der Waals surface area contributed by atoms with Crippen LogP contribution in [0.3, 0.4) is 0 Å². The van der Waals surface area contributed by atoms with E-state index in [1.54, 1.807) is 34.0 Å². The molecule has 0 aromatic heterocycles. The van der Waals surface area contributed by atoms with Crippen molar-refractivity contribution >= 4 is 29.2 Å². The Morgan fingerprint density at radius 3 is 2.23 bits per heavy atom. The molecule has 3 aliphatic heterocycles. The van der Waals surface area contributed by atoms with Crippen molar-refractivity contribution in [3.05, 3.63) is 47.6 Å². The standard InChI is InChI=1S/C44H67NO11/c1-26(2)36-25-35(46)29(5)23-31(7)39(48)40(54-10)38(47)30(6)22-27(3)16-12-11-13-17-28(4)37(53-9)24-33-20-19-32(8)44(52,56-33)41(49)42(50)45-21-15-14-18-34(45)43(51)55-36/h11-13,16-17,23,26-27,29-30,32-34,36-37,39-40,48,52H,14-15,18-22,24-25H2,1-10H3/b13-11?,16-12+,28-17?,31-23+/t27-,29-,30-,32-,33+,34+,36+,37+,39-,40+,44-/m1/s1. The molecule has 12 heteroatoms. The molecule has 3 rings (SSSR count). The average molecular weight is 786 g/mol. The minimum Gasteiger partial charge on any atom is -0.460 e. The van der Waals surface area contributed by atoms with Gasteiger partial charge in [-0.1, -0.05) is 78.0 Å². The predicted molar refractivity (Wildman–Crippen MR) is 212 cm³/mol. The number of rotatable bonds is 3. The van der Waals surface area contributed by atoms with Crippen LogP contribution < -0.4 is 0 Å². The Morgan fingerprint density at radius 1 is 0.893 bits per heavy atom. The van der Waals surface area contributed by atoms with Gasteiger partial charge >= 0.3 is 5.97 Å². The van der Waals surface area contributed by atoms with Gasteiger partial charge in [0.2, 0.25) is 5.79 Å². The van der Waals surface area contributed by atoms with Crippen molar-refractivity contribution in [3.63, 3.8) is 0 Å². The molecule has 11 atom stereocenters. The maximum absolute atomic E-state index is 13.9. The fraction of sp³-hybridized carbons (Fsp3) is 0.705. The summed E-state index contributed by atoms with van der Waals surface area (Å²) >= 11 is 0. The number of piperidine rings is 1. The highest BCUT2D eigenvalue weighted by Gasteiger charge is 2.53. The summed E-state index contributed by atoms with van der Waals surface area (Å²) in [5, 5.41) is 23.0. The molecule has 1 amide bonds. The van der Waals surface area contributed by atoms with Crippen molar-refractivity contribution in [2.24, 2.45) is 29.6 Å². The third-order valence-electron chi connectivity index (χ3n) is 11.7. The van der Waals surface area contributed by atoms with Crippen LogP contribution in [0.5, 0.6) is 0 Å². The van der Waals surface area contributed by atoms with E-state index in [-0.39, 0.29) is 42.8 Å². The molecule has 3 aliphatic rings. The second-order valence-corrected chi connectivity index (χ2v) is 16.6. The van der Waals surface area contributed by atoms with E-state index in [0.717, 1.165) is 5.57 Å². The van der Waals surface area contributed by atoms with E-state index < -0.39 is 77.8 Å². The summed E-state index contributed by atoms with van der Waals surface area (Å²) < 4.78 is 23.3. The molecule has 0 aliphatic carbocycles. The normalized spacial score (nSPS) is 37.4. The summed E-state index contributed by atoms with van der Waals surface area (Å²) in [4.78, 5) is 69.8. The van der Waals surface area contributed by atoms with Crippen LogP contribution in [0.15, 0.2) is 47.6 Å². The Hall–Kier alpha value is -3.29.